The molecule has 1 aromatic carbocycles. The van der Waals surface area contributed by atoms with Gasteiger partial charge < -0.3 is 14.0 Å². The second-order valence-corrected chi connectivity index (χ2v) is 6.63. The van der Waals surface area contributed by atoms with E-state index in [0.717, 1.165) is 0 Å². The summed E-state index contributed by atoms with van der Waals surface area (Å²) in [6.45, 7) is 9.47. The normalized spacial score (nSPS) is 13.8. The number of phosphoric acid groups is 1. The molecule has 8 nitrogen and oxygen atoms in total. The van der Waals surface area contributed by atoms with Crippen molar-refractivity contribution in [2.75, 3.05) is 6.61 Å². The second-order valence-electron chi connectivity index (χ2n) is 5.30. The Morgan fingerprint density at radius 2 is 1.69 bits per heavy atom. The van der Waals surface area contributed by atoms with Gasteiger partial charge >= 0.3 is 19.8 Å². The van der Waals surface area contributed by atoms with E-state index in [-0.39, 0.29) is 29.9 Å². The Labute approximate surface area is 151 Å². The van der Waals surface area contributed by atoms with Gasteiger partial charge in [0.1, 0.15) is 5.75 Å². The fraction of sp³-hybridized carbons (Fsp3) is 0.294. The molecule has 9 heteroatoms. The fourth-order valence-corrected chi connectivity index (χ4v) is 2.39. The maximum absolute atomic E-state index is 12.1. The van der Waals surface area contributed by atoms with Gasteiger partial charge in [-0.15, -0.1) is 0 Å². The summed E-state index contributed by atoms with van der Waals surface area (Å²) in [4.78, 5) is 32.9. The second kappa shape index (κ2) is 9.91. The number of phosphoric ester groups is 1. The summed E-state index contributed by atoms with van der Waals surface area (Å²) < 4.78 is 31.7. The number of carbonyl (C=O) groups is 2. The first-order valence-electron chi connectivity index (χ1n) is 7.55. The van der Waals surface area contributed by atoms with Crippen molar-refractivity contribution in [1.29, 1.82) is 0 Å². The SMILES string of the molecule is C=C(C)C(=O)OCCC(OC(=O)C(=C)C)OP(=O)(O)Oc1ccccc1. The first-order chi connectivity index (χ1) is 12.1. The summed E-state index contributed by atoms with van der Waals surface area (Å²) >= 11 is 0. The third kappa shape index (κ3) is 8.11. The van der Waals surface area contributed by atoms with Crippen LogP contribution in [-0.2, 0) is 28.2 Å². The van der Waals surface area contributed by atoms with Crippen LogP contribution in [0.25, 0.3) is 0 Å². The fourth-order valence-electron chi connectivity index (χ4n) is 1.51. The van der Waals surface area contributed by atoms with Crippen LogP contribution in [0.4, 0.5) is 0 Å². The van der Waals surface area contributed by atoms with Crippen molar-refractivity contribution in [1.82, 2.24) is 0 Å². The van der Waals surface area contributed by atoms with Gasteiger partial charge in [-0.2, -0.15) is 0 Å². The minimum absolute atomic E-state index is 0.0641. The summed E-state index contributed by atoms with van der Waals surface area (Å²) in [7, 11) is -4.60. The minimum Gasteiger partial charge on any atom is -0.462 e. The largest absolute Gasteiger partial charge is 0.530 e. The zero-order valence-electron chi connectivity index (χ0n) is 14.5. The lowest BCUT2D eigenvalue weighted by Gasteiger charge is -2.21. The number of hydrogen-bond acceptors (Lipinski definition) is 7. The van der Waals surface area contributed by atoms with E-state index in [2.05, 4.69) is 13.2 Å². The van der Waals surface area contributed by atoms with E-state index in [1.54, 1.807) is 18.2 Å². The zero-order chi connectivity index (χ0) is 19.7. The highest BCUT2D eigenvalue weighted by Gasteiger charge is 2.31. The molecule has 0 bridgehead atoms. The van der Waals surface area contributed by atoms with Crippen LogP contribution in [-0.4, -0.2) is 29.7 Å². The third-order valence-electron chi connectivity index (χ3n) is 2.74. The molecule has 1 N–H and O–H groups in total. The highest BCUT2D eigenvalue weighted by molar-refractivity contribution is 7.47. The van der Waals surface area contributed by atoms with Crippen LogP contribution in [0.3, 0.4) is 0 Å². The average molecular weight is 384 g/mol. The molecule has 0 aromatic heterocycles. The van der Waals surface area contributed by atoms with Crippen LogP contribution in [0, 0.1) is 0 Å². The summed E-state index contributed by atoms with van der Waals surface area (Å²) in [5, 5.41) is 0. The van der Waals surface area contributed by atoms with Crippen LogP contribution in [0.1, 0.15) is 20.3 Å². The van der Waals surface area contributed by atoms with Crippen molar-refractivity contribution in [3.05, 3.63) is 54.6 Å². The molecule has 0 amide bonds. The van der Waals surface area contributed by atoms with Gasteiger partial charge in [-0.25, -0.2) is 18.7 Å². The summed E-state index contributed by atoms with van der Waals surface area (Å²) in [6.07, 6.45) is -1.68. The zero-order valence-corrected chi connectivity index (χ0v) is 15.4. The van der Waals surface area contributed by atoms with E-state index in [4.69, 9.17) is 18.5 Å². The Kier molecular flexibility index (Phi) is 8.25. The van der Waals surface area contributed by atoms with Crippen LogP contribution in [0.5, 0.6) is 5.75 Å². The molecule has 2 unspecified atom stereocenters. The molecule has 0 aliphatic rings. The lowest BCUT2D eigenvalue weighted by molar-refractivity contribution is -0.163. The van der Waals surface area contributed by atoms with Crippen molar-refractivity contribution < 1.29 is 37.6 Å². The van der Waals surface area contributed by atoms with Crippen molar-refractivity contribution in [3.63, 3.8) is 0 Å². The predicted octanol–water partition coefficient (Wildman–Crippen LogP) is 3.14. The Bertz CT molecular complexity index is 713. The van der Waals surface area contributed by atoms with Gasteiger partial charge in [-0.1, -0.05) is 31.4 Å². The average Bonchev–Trinajstić information content (AvgIpc) is 2.54. The highest BCUT2D eigenvalue weighted by Crippen LogP contribution is 2.45. The molecule has 1 aromatic rings. The summed E-state index contributed by atoms with van der Waals surface area (Å²) in [6, 6.07) is 7.81. The Morgan fingerprint density at radius 1 is 1.12 bits per heavy atom. The van der Waals surface area contributed by atoms with E-state index in [1.165, 1.54) is 26.0 Å². The van der Waals surface area contributed by atoms with E-state index in [0.29, 0.717) is 0 Å². The van der Waals surface area contributed by atoms with Crippen LogP contribution < -0.4 is 4.52 Å². The monoisotopic (exact) mass is 384 g/mol. The highest BCUT2D eigenvalue weighted by atomic mass is 31.2. The topological polar surface area (TPSA) is 108 Å². The van der Waals surface area contributed by atoms with E-state index < -0.39 is 26.1 Å². The van der Waals surface area contributed by atoms with Gasteiger partial charge in [0.05, 0.1) is 6.61 Å². The molecule has 1 rings (SSSR count). The molecule has 0 radical (unpaired) electrons. The molecule has 0 aliphatic carbocycles. The number of esters is 2. The Hall–Kier alpha value is -2.41. The van der Waals surface area contributed by atoms with Gasteiger partial charge in [0.25, 0.3) is 0 Å². The van der Waals surface area contributed by atoms with Crippen molar-refractivity contribution in [2.24, 2.45) is 0 Å². The molecule has 0 heterocycles. The molecule has 0 fully saturated rings. The first-order valence-corrected chi connectivity index (χ1v) is 9.05. The van der Waals surface area contributed by atoms with Crippen molar-refractivity contribution >= 4 is 19.8 Å². The first kappa shape index (κ1) is 21.6. The molecular formula is C17H21O8P. The third-order valence-corrected chi connectivity index (χ3v) is 3.68. The Morgan fingerprint density at radius 3 is 2.23 bits per heavy atom. The van der Waals surface area contributed by atoms with E-state index in [1.807, 2.05) is 0 Å². The molecule has 0 spiro atoms. The standard InChI is InChI=1S/C17H21O8P/c1-12(2)16(18)22-11-10-15(23-17(19)13(3)4)25-26(20,21)24-14-8-6-5-7-9-14/h5-9,15H,1,3,10-11H2,2,4H3,(H,20,21). The molecule has 26 heavy (non-hydrogen) atoms. The van der Waals surface area contributed by atoms with Gasteiger partial charge in [0.15, 0.2) is 0 Å². The predicted molar refractivity (Wildman–Crippen MR) is 93.1 cm³/mol. The van der Waals surface area contributed by atoms with Crippen molar-refractivity contribution in [2.45, 2.75) is 26.6 Å². The van der Waals surface area contributed by atoms with Gasteiger partial charge in [-0.05, 0) is 26.0 Å². The summed E-state index contributed by atoms with van der Waals surface area (Å²) in [5.74, 6) is -1.39. The number of ether oxygens (including phenoxy) is 2. The Balaban J connectivity index is 2.74. The molecule has 0 saturated carbocycles. The number of carbonyl (C=O) groups excluding carboxylic acids is 2. The number of hydrogen-bond donors (Lipinski definition) is 1. The maximum Gasteiger partial charge on any atom is 0.530 e. The van der Waals surface area contributed by atoms with Crippen molar-refractivity contribution in [3.8, 4) is 5.75 Å². The van der Waals surface area contributed by atoms with Gasteiger partial charge in [-0.3, -0.25) is 4.89 Å². The molecule has 0 aliphatic heterocycles. The van der Waals surface area contributed by atoms with Gasteiger partial charge in [0.2, 0.25) is 6.29 Å². The van der Waals surface area contributed by atoms with E-state index >= 15 is 0 Å². The molecular weight excluding hydrogens is 363 g/mol. The molecule has 0 saturated heterocycles. The smallest absolute Gasteiger partial charge is 0.462 e. The van der Waals surface area contributed by atoms with Gasteiger partial charge in [0, 0.05) is 17.6 Å². The van der Waals surface area contributed by atoms with Crippen LogP contribution in [0.2, 0.25) is 0 Å². The minimum atomic E-state index is -4.60. The maximum atomic E-state index is 12.1. The van der Waals surface area contributed by atoms with E-state index in [9.17, 15) is 19.0 Å². The van der Waals surface area contributed by atoms with Crippen LogP contribution >= 0.6 is 7.82 Å². The summed E-state index contributed by atoms with van der Waals surface area (Å²) in [5.41, 5.74) is 0.246. The number of para-hydroxylation sites is 1. The molecule has 142 valence electrons. The quantitative estimate of drug-likeness (QED) is 0.284. The molecule has 2 atom stereocenters. The lowest BCUT2D eigenvalue weighted by Crippen LogP contribution is -2.24. The number of rotatable bonds is 10. The number of benzene rings is 1. The lowest BCUT2D eigenvalue weighted by atomic mass is 10.3. The van der Waals surface area contributed by atoms with Crippen LogP contribution in [0.15, 0.2) is 54.6 Å².